The number of ether oxygens (including phenoxy) is 1. The Hall–Kier alpha value is -2.96. The Morgan fingerprint density at radius 1 is 1.32 bits per heavy atom. The fourth-order valence-electron chi connectivity index (χ4n) is 2.64. The van der Waals surface area contributed by atoms with Crippen LogP contribution in [0.4, 0.5) is 5.82 Å². The summed E-state index contributed by atoms with van der Waals surface area (Å²) >= 11 is 0. The van der Waals surface area contributed by atoms with Crippen LogP contribution in [0.3, 0.4) is 0 Å². The van der Waals surface area contributed by atoms with Crippen LogP contribution in [0, 0.1) is 20.8 Å². The number of amides is 1. The summed E-state index contributed by atoms with van der Waals surface area (Å²) in [5.41, 5.74) is 2.68. The van der Waals surface area contributed by atoms with Gasteiger partial charge in [0.25, 0.3) is 5.91 Å². The first kappa shape index (κ1) is 16.9. The van der Waals surface area contributed by atoms with Gasteiger partial charge in [-0.25, -0.2) is 0 Å². The number of aryl methyl sites for hydroxylation is 3. The maximum Gasteiger partial charge on any atom is 0.266 e. The molecular formula is C18H21N5O2. The van der Waals surface area contributed by atoms with Gasteiger partial charge in [0.05, 0.1) is 5.22 Å². The number of aromatic nitrogens is 4. The molecule has 0 bridgehead atoms. The van der Waals surface area contributed by atoms with Crippen molar-refractivity contribution in [2.24, 2.45) is 0 Å². The minimum Gasteiger partial charge on any atom is -0.480 e. The molecule has 1 atom stereocenters. The lowest BCUT2D eigenvalue weighted by molar-refractivity contribution is -0.122. The molecule has 0 radical (unpaired) electrons. The average molecular weight is 339 g/mol. The predicted octanol–water partition coefficient (Wildman–Crippen LogP) is 1.97. The van der Waals surface area contributed by atoms with E-state index in [1.165, 1.54) is 0 Å². The summed E-state index contributed by atoms with van der Waals surface area (Å²) in [6.07, 6.45) is -0.0895. The van der Waals surface area contributed by atoms with Crippen LogP contribution in [0.5, 0.6) is 5.75 Å². The first-order valence-electron chi connectivity index (χ1n) is 8.16. The molecule has 0 aliphatic heterocycles. The molecule has 1 unspecified atom stereocenters. The van der Waals surface area contributed by atoms with E-state index in [2.05, 4.69) is 27.2 Å². The SMILES string of the molecule is C=c1c(NC(=O)C(CC)Oc2ccc(C)cc2C)nn2c(C)nnc12. The Balaban J connectivity index is 1.79. The summed E-state index contributed by atoms with van der Waals surface area (Å²) in [7, 11) is 0. The van der Waals surface area contributed by atoms with Gasteiger partial charge in [-0.3, -0.25) is 4.79 Å². The third-order valence-electron chi connectivity index (χ3n) is 4.06. The minimum absolute atomic E-state index is 0.265. The van der Waals surface area contributed by atoms with Crippen molar-refractivity contribution in [2.45, 2.75) is 40.2 Å². The normalized spacial score (nSPS) is 12.3. The van der Waals surface area contributed by atoms with Crippen LogP contribution in [0.15, 0.2) is 18.2 Å². The molecule has 3 rings (SSSR count). The molecule has 3 aromatic rings. The van der Waals surface area contributed by atoms with E-state index in [4.69, 9.17) is 4.74 Å². The molecule has 2 heterocycles. The average Bonchev–Trinajstić information content (AvgIpc) is 3.08. The van der Waals surface area contributed by atoms with Crippen molar-refractivity contribution in [3.8, 4) is 5.75 Å². The van der Waals surface area contributed by atoms with E-state index in [-0.39, 0.29) is 5.91 Å². The molecule has 130 valence electrons. The number of hydrogen-bond acceptors (Lipinski definition) is 5. The summed E-state index contributed by atoms with van der Waals surface area (Å²) in [6, 6.07) is 5.87. The molecule has 2 aromatic heterocycles. The second kappa shape index (κ2) is 6.51. The Labute approximate surface area is 145 Å². The van der Waals surface area contributed by atoms with Crippen molar-refractivity contribution in [1.29, 1.82) is 0 Å². The number of carbonyl (C=O) groups excluding carboxylic acids is 1. The van der Waals surface area contributed by atoms with E-state index >= 15 is 0 Å². The highest BCUT2D eigenvalue weighted by atomic mass is 16.5. The van der Waals surface area contributed by atoms with Crippen LogP contribution in [-0.4, -0.2) is 31.8 Å². The number of fused-ring (bicyclic) bond motifs is 1. The van der Waals surface area contributed by atoms with Gasteiger partial charge in [0, 0.05) is 0 Å². The van der Waals surface area contributed by atoms with E-state index in [1.54, 1.807) is 11.4 Å². The number of benzene rings is 1. The van der Waals surface area contributed by atoms with Crippen LogP contribution in [0.2, 0.25) is 0 Å². The molecule has 1 aromatic carbocycles. The monoisotopic (exact) mass is 339 g/mol. The van der Waals surface area contributed by atoms with Crippen LogP contribution < -0.4 is 15.3 Å². The quantitative estimate of drug-likeness (QED) is 0.769. The molecule has 0 saturated carbocycles. The lowest BCUT2D eigenvalue weighted by Crippen LogP contribution is -2.34. The largest absolute Gasteiger partial charge is 0.480 e. The van der Waals surface area contributed by atoms with Crippen molar-refractivity contribution in [2.75, 3.05) is 5.32 Å². The van der Waals surface area contributed by atoms with Gasteiger partial charge in [0.15, 0.2) is 23.4 Å². The number of anilines is 1. The maximum absolute atomic E-state index is 12.6. The van der Waals surface area contributed by atoms with Gasteiger partial charge < -0.3 is 10.1 Å². The summed E-state index contributed by atoms with van der Waals surface area (Å²) in [6.45, 7) is 11.6. The molecular weight excluding hydrogens is 318 g/mol. The number of hydrogen-bond donors (Lipinski definition) is 1. The Bertz CT molecular complexity index is 979. The zero-order chi connectivity index (χ0) is 18.1. The molecule has 0 aliphatic rings. The van der Waals surface area contributed by atoms with Crippen LogP contribution in [0.25, 0.3) is 12.2 Å². The molecule has 0 spiro atoms. The smallest absolute Gasteiger partial charge is 0.266 e. The lowest BCUT2D eigenvalue weighted by atomic mass is 10.1. The molecule has 0 aliphatic carbocycles. The number of nitrogens with zero attached hydrogens (tertiary/aromatic N) is 4. The van der Waals surface area contributed by atoms with Crippen molar-refractivity contribution in [3.63, 3.8) is 0 Å². The first-order valence-corrected chi connectivity index (χ1v) is 8.16. The first-order chi connectivity index (χ1) is 11.9. The fraction of sp³-hybridized carbons (Fsp3) is 0.333. The molecule has 1 N–H and O–H groups in total. The predicted molar refractivity (Wildman–Crippen MR) is 95.5 cm³/mol. The molecule has 7 heteroatoms. The highest BCUT2D eigenvalue weighted by Crippen LogP contribution is 2.21. The Kier molecular flexibility index (Phi) is 4.39. The van der Waals surface area contributed by atoms with Crippen molar-refractivity contribution < 1.29 is 9.53 Å². The van der Waals surface area contributed by atoms with Gasteiger partial charge in [0.1, 0.15) is 5.75 Å². The second-order valence-electron chi connectivity index (χ2n) is 6.08. The zero-order valence-electron chi connectivity index (χ0n) is 14.8. The van der Waals surface area contributed by atoms with Gasteiger partial charge >= 0.3 is 0 Å². The molecule has 25 heavy (non-hydrogen) atoms. The van der Waals surface area contributed by atoms with Crippen LogP contribution in [0.1, 0.15) is 30.3 Å². The van der Waals surface area contributed by atoms with E-state index < -0.39 is 6.10 Å². The summed E-state index contributed by atoms with van der Waals surface area (Å²) in [4.78, 5) is 12.6. The molecule has 7 nitrogen and oxygen atoms in total. The number of rotatable bonds is 5. The van der Waals surface area contributed by atoms with E-state index in [9.17, 15) is 4.79 Å². The molecule has 1 amide bonds. The van der Waals surface area contributed by atoms with Crippen LogP contribution in [-0.2, 0) is 4.79 Å². The van der Waals surface area contributed by atoms with Crippen LogP contribution >= 0.6 is 0 Å². The lowest BCUT2D eigenvalue weighted by Gasteiger charge is -2.18. The number of carbonyl (C=O) groups is 1. The Morgan fingerprint density at radius 3 is 2.72 bits per heavy atom. The van der Waals surface area contributed by atoms with Gasteiger partial charge in [-0.15, -0.1) is 15.3 Å². The van der Waals surface area contributed by atoms with Gasteiger partial charge in [-0.1, -0.05) is 31.2 Å². The summed E-state index contributed by atoms with van der Waals surface area (Å²) in [5.74, 6) is 1.45. The summed E-state index contributed by atoms with van der Waals surface area (Å²) in [5, 5.41) is 15.6. The van der Waals surface area contributed by atoms with Crippen molar-refractivity contribution >= 4 is 24.0 Å². The van der Waals surface area contributed by atoms with Gasteiger partial charge in [0.2, 0.25) is 0 Å². The maximum atomic E-state index is 12.6. The van der Waals surface area contributed by atoms with Gasteiger partial charge in [-0.05, 0) is 38.8 Å². The zero-order valence-corrected chi connectivity index (χ0v) is 14.8. The van der Waals surface area contributed by atoms with E-state index in [0.29, 0.717) is 34.7 Å². The van der Waals surface area contributed by atoms with Gasteiger partial charge in [-0.2, -0.15) is 4.52 Å². The van der Waals surface area contributed by atoms with E-state index in [1.807, 2.05) is 39.0 Å². The fourth-order valence-corrected chi connectivity index (χ4v) is 2.64. The minimum atomic E-state index is -0.621. The highest BCUT2D eigenvalue weighted by molar-refractivity contribution is 5.94. The topological polar surface area (TPSA) is 81.4 Å². The molecule has 0 saturated heterocycles. The van der Waals surface area contributed by atoms with E-state index in [0.717, 1.165) is 11.1 Å². The van der Waals surface area contributed by atoms with Crippen molar-refractivity contribution in [1.82, 2.24) is 19.8 Å². The third kappa shape index (κ3) is 3.17. The van der Waals surface area contributed by atoms with Crippen molar-refractivity contribution in [3.05, 3.63) is 40.4 Å². The number of nitrogens with one attached hydrogen (secondary N) is 1. The standard InChI is InChI=1S/C18H21N5O2/c1-6-14(25-15-8-7-10(2)9-11(15)3)18(24)19-16-12(4)17-21-20-13(5)23(17)22-16/h7-9,14H,4,6H2,1-3,5H3,(H,19,22,24). The highest BCUT2D eigenvalue weighted by Gasteiger charge is 2.21. The third-order valence-corrected chi connectivity index (χ3v) is 4.06. The summed E-state index contributed by atoms with van der Waals surface area (Å²) < 4.78 is 7.47. The second-order valence-corrected chi connectivity index (χ2v) is 6.08. The molecule has 0 fully saturated rings. The Morgan fingerprint density at radius 2 is 2.08 bits per heavy atom.